The fourth-order valence-corrected chi connectivity index (χ4v) is 1.95. The number of urea groups is 1. The van der Waals surface area contributed by atoms with Crippen molar-refractivity contribution in [2.75, 3.05) is 13.1 Å². The molecule has 1 atom stereocenters. The Morgan fingerprint density at radius 1 is 1.29 bits per heavy atom. The average Bonchev–Trinajstić information content (AvgIpc) is 2.25. The molecule has 0 aromatic rings. The predicted octanol–water partition coefficient (Wildman–Crippen LogP) is 1.54. The largest absolute Gasteiger partial charge is 0.480 e. The standard InChI is InChI=1S/C12H22N2O3/c1-8(2)10(11(15)16)13-12(17)14-6-4-9(3)5-7-14/h8-10H,4-7H2,1-3H3,(H,13,17)(H,15,16)/t10-/m1/s1. The summed E-state index contributed by atoms with van der Waals surface area (Å²) in [7, 11) is 0. The second-order valence-corrected chi connectivity index (χ2v) is 5.18. The Labute approximate surface area is 102 Å². The van der Waals surface area contributed by atoms with Crippen LogP contribution in [0.15, 0.2) is 0 Å². The summed E-state index contributed by atoms with van der Waals surface area (Å²) in [6.07, 6.45) is 1.99. The number of rotatable bonds is 3. The first-order chi connectivity index (χ1) is 7.91. The van der Waals surface area contributed by atoms with Crippen LogP contribution in [0.5, 0.6) is 0 Å². The third-order valence-corrected chi connectivity index (χ3v) is 3.28. The Bertz CT molecular complexity index is 283. The van der Waals surface area contributed by atoms with Gasteiger partial charge in [0.05, 0.1) is 0 Å². The lowest BCUT2D eigenvalue weighted by Crippen LogP contribution is -2.51. The van der Waals surface area contributed by atoms with Crippen LogP contribution in [0.1, 0.15) is 33.6 Å². The normalized spacial score (nSPS) is 19.2. The molecule has 1 heterocycles. The number of piperidine rings is 1. The highest BCUT2D eigenvalue weighted by Gasteiger charge is 2.27. The molecule has 0 spiro atoms. The van der Waals surface area contributed by atoms with Crippen molar-refractivity contribution in [1.82, 2.24) is 10.2 Å². The number of carboxylic acids is 1. The fraction of sp³-hybridized carbons (Fsp3) is 0.833. The zero-order valence-corrected chi connectivity index (χ0v) is 10.8. The quantitative estimate of drug-likeness (QED) is 0.788. The molecule has 0 aliphatic carbocycles. The van der Waals surface area contributed by atoms with Crippen LogP contribution in [-0.4, -0.2) is 41.1 Å². The van der Waals surface area contributed by atoms with Gasteiger partial charge in [-0.1, -0.05) is 20.8 Å². The van der Waals surface area contributed by atoms with Crippen molar-refractivity contribution in [3.05, 3.63) is 0 Å². The van der Waals surface area contributed by atoms with E-state index >= 15 is 0 Å². The van der Waals surface area contributed by atoms with Gasteiger partial charge in [-0.2, -0.15) is 0 Å². The van der Waals surface area contributed by atoms with Crippen molar-refractivity contribution >= 4 is 12.0 Å². The van der Waals surface area contributed by atoms with Gasteiger partial charge >= 0.3 is 12.0 Å². The van der Waals surface area contributed by atoms with Gasteiger partial charge in [0.1, 0.15) is 6.04 Å². The van der Waals surface area contributed by atoms with Gasteiger partial charge < -0.3 is 15.3 Å². The summed E-state index contributed by atoms with van der Waals surface area (Å²) < 4.78 is 0. The Morgan fingerprint density at radius 3 is 2.24 bits per heavy atom. The molecule has 5 nitrogen and oxygen atoms in total. The van der Waals surface area contributed by atoms with E-state index in [0.717, 1.165) is 25.9 Å². The van der Waals surface area contributed by atoms with Crippen LogP contribution >= 0.6 is 0 Å². The molecule has 1 saturated heterocycles. The summed E-state index contributed by atoms with van der Waals surface area (Å²) in [6, 6.07) is -1.06. The molecular formula is C12H22N2O3. The van der Waals surface area contributed by atoms with Gasteiger partial charge in [-0.3, -0.25) is 0 Å². The van der Waals surface area contributed by atoms with E-state index in [1.54, 1.807) is 18.7 Å². The van der Waals surface area contributed by atoms with Gasteiger partial charge in [-0.05, 0) is 24.7 Å². The molecule has 0 unspecified atom stereocenters. The van der Waals surface area contributed by atoms with E-state index in [2.05, 4.69) is 12.2 Å². The van der Waals surface area contributed by atoms with Crippen molar-refractivity contribution in [2.24, 2.45) is 11.8 Å². The van der Waals surface area contributed by atoms with E-state index in [9.17, 15) is 9.59 Å². The maximum absolute atomic E-state index is 11.9. The first kappa shape index (κ1) is 13.8. The molecule has 17 heavy (non-hydrogen) atoms. The molecule has 5 heteroatoms. The molecule has 98 valence electrons. The van der Waals surface area contributed by atoms with Crippen LogP contribution < -0.4 is 5.32 Å². The molecule has 1 aliphatic rings. The highest BCUT2D eigenvalue weighted by molar-refractivity contribution is 5.82. The van der Waals surface area contributed by atoms with Crippen LogP contribution in [0.4, 0.5) is 4.79 Å². The van der Waals surface area contributed by atoms with Gasteiger partial charge in [-0.25, -0.2) is 9.59 Å². The van der Waals surface area contributed by atoms with Crippen molar-refractivity contribution in [3.8, 4) is 0 Å². The van der Waals surface area contributed by atoms with E-state index in [1.165, 1.54) is 0 Å². The van der Waals surface area contributed by atoms with Gasteiger partial charge in [0.25, 0.3) is 0 Å². The summed E-state index contributed by atoms with van der Waals surface area (Å²) in [5.74, 6) is -0.432. The predicted molar refractivity (Wildman–Crippen MR) is 64.8 cm³/mol. The lowest BCUT2D eigenvalue weighted by molar-refractivity contribution is -0.140. The second-order valence-electron chi connectivity index (χ2n) is 5.18. The third kappa shape index (κ3) is 3.91. The zero-order valence-electron chi connectivity index (χ0n) is 10.8. The summed E-state index contributed by atoms with van der Waals surface area (Å²) in [5.41, 5.74) is 0. The molecule has 0 bridgehead atoms. The maximum Gasteiger partial charge on any atom is 0.326 e. The summed E-state index contributed by atoms with van der Waals surface area (Å²) in [6.45, 7) is 7.19. The van der Waals surface area contributed by atoms with Crippen LogP contribution in [0.2, 0.25) is 0 Å². The number of amides is 2. The highest BCUT2D eigenvalue weighted by Crippen LogP contribution is 2.16. The lowest BCUT2D eigenvalue weighted by atomic mass is 9.99. The van der Waals surface area contributed by atoms with Crippen LogP contribution in [0, 0.1) is 11.8 Å². The third-order valence-electron chi connectivity index (χ3n) is 3.28. The van der Waals surface area contributed by atoms with Crippen LogP contribution in [-0.2, 0) is 4.79 Å². The number of carbonyl (C=O) groups is 2. The van der Waals surface area contributed by atoms with Crippen molar-refractivity contribution in [1.29, 1.82) is 0 Å². The van der Waals surface area contributed by atoms with Gasteiger partial charge in [0, 0.05) is 13.1 Å². The van der Waals surface area contributed by atoms with E-state index in [1.807, 2.05) is 0 Å². The number of aliphatic carboxylic acids is 1. The zero-order chi connectivity index (χ0) is 13.0. The Morgan fingerprint density at radius 2 is 1.82 bits per heavy atom. The van der Waals surface area contributed by atoms with Crippen molar-refractivity contribution < 1.29 is 14.7 Å². The molecule has 0 aromatic carbocycles. The topological polar surface area (TPSA) is 69.6 Å². The average molecular weight is 242 g/mol. The van der Waals surface area contributed by atoms with Crippen LogP contribution in [0.3, 0.4) is 0 Å². The molecule has 1 aliphatic heterocycles. The number of hydrogen-bond donors (Lipinski definition) is 2. The molecule has 1 rings (SSSR count). The Balaban J connectivity index is 2.50. The SMILES string of the molecule is CC1CCN(C(=O)N[C@@H](C(=O)O)C(C)C)CC1. The van der Waals surface area contributed by atoms with Crippen LogP contribution in [0.25, 0.3) is 0 Å². The maximum atomic E-state index is 11.9. The van der Waals surface area contributed by atoms with Gasteiger partial charge in [0.2, 0.25) is 0 Å². The summed E-state index contributed by atoms with van der Waals surface area (Å²) in [5, 5.41) is 11.6. The van der Waals surface area contributed by atoms with E-state index in [0.29, 0.717) is 5.92 Å². The molecule has 1 fully saturated rings. The fourth-order valence-electron chi connectivity index (χ4n) is 1.95. The molecule has 2 amide bonds. The first-order valence-electron chi connectivity index (χ1n) is 6.20. The van der Waals surface area contributed by atoms with Gasteiger partial charge in [0.15, 0.2) is 0 Å². The number of nitrogens with one attached hydrogen (secondary N) is 1. The minimum atomic E-state index is -0.973. The first-order valence-corrected chi connectivity index (χ1v) is 6.20. The summed E-state index contributed by atoms with van der Waals surface area (Å²) >= 11 is 0. The lowest BCUT2D eigenvalue weighted by Gasteiger charge is -2.31. The van der Waals surface area contributed by atoms with Gasteiger partial charge in [-0.15, -0.1) is 0 Å². The number of carbonyl (C=O) groups excluding carboxylic acids is 1. The van der Waals surface area contributed by atoms with Crippen molar-refractivity contribution in [2.45, 2.75) is 39.7 Å². The van der Waals surface area contributed by atoms with Crippen molar-refractivity contribution in [3.63, 3.8) is 0 Å². The van der Waals surface area contributed by atoms with E-state index in [4.69, 9.17) is 5.11 Å². The molecular weight excluding hydrogens is 220 g/mol. The van der Waals surface area contributed by atoms with E-state index < -0.39 is 12.0 Å². The number of nitrogens with zero attached hydrogens (tertiary/aromatic N) is 1. The number of carboxylic acid groups (broad SMARTS) is 1. The monoisotopic (exact) mass is 242 g/mol. The Hall–Kier alpha value is -1.26. The summed E-state index contributed by atoms with van der Waals surface area (Å²) in [4.78, 5) is 24.6. The minimum absolute atomic E-state index is 0.111. The smallest absolute Gasteiger partial charge is 0.326 e. The highest BCUT2D eigenvalue weighted by atomic mass is 16.4. The molecule has 0 saturated carbocycles. The molecule has 0 aromatic heterocycles. The number of likely N-dealkylation sites (tertiary alicyclic amines) is 1. The van der Waals surface area contributed by atoms with E-state index in [-0.39, 0.29) is 11.9 Å². The molecule has 0 radical (unpaired) electrons. The second kappa shape index (κ2) is 5.89. The molecule has 2 N–H and O–H groups in total. The minimum Gasteiger partial charge on any atom is -0.480 e. The Kier molecular flexibility index (Phi) is 4.78. The number of hydrogen-bond acceptors (Lipinski definition) is 2.